The van der Waals surface area contributed by atoms with Gasteiger partial charge in [0, 0.05) is 0 Å². The number of β-lactam (4-membered cyclic amide) rings is 1. The van der Waals surface area contributed by atoms with Gasteiger partial charge in [0.25, 0.3) is 5.91 Å². The van der Waals surface area contributed by atoms with Crippen molar-refractivity contribution in [2.45, 2.75) is 24.1 Å². The summed E-state index contributed by atoms with van der Waals surface area (Å²) in [4.78, 5) is 36.2. The molecular weight excluding hydrogens is 348 g/mol. The zero-order valence-corrected chi connectivity index (χ0v) is 14.1. The van der Waals surface area contributed by atoms with E-state index in [1.165, 1.54) is 6.92 Å². The molecule has 2 N–H and O–H groups in total. The fourth-order valence-corrected chi connectivity index (χ4v) is 4.54. The van der Waals surface area contributed by atoms with Crippen LogP contribution in [0.4, 0.5) is 0 Å². The first kappa shape index (κ1) is 17.2. The average molecular weight is 364 g/mol. The molecule has 8 nitrogen and oxygen atoms in total. The molecule has 2 heterocycles. The highest BCUT2D eigenvalue weighted by atomic mass is 32.2. The van der Waals surface area contributed by atoms with Gasteiger partial charge >= 0.3 is 5.97 Å². The van der Waals surface area contributed by atoms with Crippen LogP contribution in [0.15, 0.2) is 41.6 Å². The summed E-state index contributed by atoms with van der Waals surface area (Å²) in [6.45, 7) is 1.16. The number of nitrogens with zero attached hydrogens (tertiary/aromatic N) is 1. The van der Waals surface area contributed by atoms with Gasteiger partial charge in [-0.05, 0) is 24.6 Å². The number of carbonyl (C=O) groups is 3. The SMILES string of the molecule is CC1=C(C(=O)O)N2C(=O)C[C@H]2S(=O)C1NC(=O)COc1ccccc1. The molecule has 2 unspecified atom stereocenters. The van der Waals surface area contributed by atoms with Crippen LogP contribution in [0.25, 0.3) is 0 Å². The maximum absolute atomic E-state index is 12.6. The van der Waals surface area contributed by atoms with Gasteiger partial charge < -0.3 is 15.2 Å². The lowest BCUT2D eigenvalue weighted by atomic mass is 10.1. The molecule has 25 heavy (non-hydrogen) atoms. The molecule has 2 amide bonds. The summed E-state index contributed by atoms with van der Waals surface area (Å²) >= 11 is 0. The smallest absolute Gasteiger partial charge is 0.352 e. The lowest BCUT2D eigenvalue weighted by Gasteiger charge is -2.45. The number of aliphatic carboxylic acids is 1. The number of ether oxygens (including phenoxy) is 1. The number of carbonyl (C=O) groups excluding carboxylic acids is 2. The molecule has 3 rings (SSSR count). The molecule has 0 aromatic heterocycles. The average Bonchev–Trinajstić information content (AvgIpc) is 2.58. The summed E-state index contributed by atoms with van der Waals surface area (Å²) in [5, 5.41) is 10.2. The maximum atomic E-state index is 12.6. The first-order valence-corrected chi connectivity index (χ1v) is 8.80. The molecule has 9 heteroatoms. The first-order valence-electron chi connectivity index (χ1n) is 7.53. The Bertz CT molecular complexity index is 791. The Hall–Kier alpha value is -2.68. The molecule has 1 saturated heterocycles. The van der Waals surface area contributed by atoms with Gasteiger partial charge in [-0.25, -0.2) is 4.79 Å². The zero-order chi connectivity index (χ0) is 18.1. The number of hydrogen-bond acceptors (Lipinski definition) is 5. The molecular formula is C16H16N2O6S. The summed E-state index contributed by atoms with van der Waals surface area (Å²) in [5.74, 6) is -1.68. The lowest BCUT2D eigenvalue weighted by Crippen LogP contribution is -2.62. The number of para-hydroxylation sites is 1. The molecule has 0 spiro atoms. The second-order valence-electron chi connectivity index (χ2n) is 5.64. The summed E-state index contributed by atoms with van der Waals surface area (Å²) in [6.07, 6.45) is 0.00353. The quantitative estimate of drug-likeness (QED) is 0.721. The summed E-state index contributed by atoms with van der Waals surface area (Å²) < 4.78 is 17.9. The minimum absolute atomic E-state index is 0.00353. The highest BCUT2D eigenvalue weighted by molar-refractivity contribution is 7.86. The second kappa shape index (κ2) is 6.67. The number of fused-ring (bicyclic) bond motifs is 1. The van der Waals surface area contributed by atoms with E-state index >= 15 is 0 Å². The first-order chi connectivity index (χ1) is 11.9. The van der Waals surface area contributed by atoms with Crippen LogP contribution in [0.3, 0.4) is 0 Å². The Balaban J connectivity index is 1.73. The van der Waals surface area contributed by atoms with Crippen LogP contribution in [0.5, 0.6) is 5.75 Å². The second-order valence-corrected chi connectivity index (χ2v) is 7.31. The fraction of sp³-hybridized carbons (Fsp3) is 0.312. The number of rotatable bonds is 5. The highest BCUT2D eigenvalue weighted by Gasteiger charge is 2.51. The molecule has 132 valence electrons. The number of carboxylic acids is 1. The normalized spacial score (nSPS) is 25.1. The zero-order valence-electron chi connectivity index (χ0n) is 13.3. The van der Waals surface area contributed by atoms with Crippen LogP contribution in [-0.2, 0) is 25.2 Å². The Labute approximate surface area is 145 Å². The van der Waals surface area contributed by atoms with Gasteiger partial charge in [-0.2, -0.15) is 0 Å². The van der Waals surface area contributed by atoms with Gasteiger partial charge in [0.05, 0.1) is 17.2 Å². The van der Waals surface area contributed by atoms with Crippen molar-refractivity contribution in [3.8, 4) is 5.75 Å². The largest absolute Gasteiger partial charge is 0.484 e. The molecule has 2 aliphatic heterocycles. The van der Waals surface area contributed by atoms with Crippen LogP contribution in [0.1, 0.15) is 13.3 Å². The molecule has 3 atom stereocenters. The Morgan fingerprint density at radius 1 is 1.36 bits per heavy atom. The predicted molar refractivity (Wildman–Crippen MR) is 87.6 cm³/mol. The summed E-state index contributed by atoms with van der Waals surface area (Å²) in [5.41, 5.74) is -0.0293. The van der Waals surface area contributed by atoms with E-state index in [4.69, 9.17) is 4.74 Å². The van der Waals surface area contributed by atoms with Crippen LogP contribution in [0, 0.1) is 0 Å². The molecule has 0 saturated carbocycles. The third kappa shape index (κ3) is 3.14. The number of amides is 2. The van der Waals surface area contributed by atoms with Crippen molar-refractivity contribution in [3.05, 3.63) is 41.6 Å². The van der Waals surface area contributed by atoms with Crippen molar-refractivity contribution >= 4 is 28.6 Å². The van der Waals surface area contributed by atoms with E-state index in [-0.39, 0.29) is 30.2 Å². The van der Waals surface area contributed by atoms with Crippen LogP contribution >= 0.6 is 0 Å². The van der Waals surface area contributed by atoms with Crippen molar-refractivity contribution < 1.29 is 28.4 Å². The van der Waals surface area contributed by atoms with E-state index in [9.17, 15) is 23.7 Å². The minimum Gasteiger partial charge on any atom is -0.484 e. The van der Waals surface area contributed by atoms with Crippen molar-refractivity contribution in [2.24, 2.45) is 0 Å². The maximum Gasteiger partial charge on any atom is 0.352 e. The topological polar surface area (TPSA) is 113 Å². The molecule has 0 radical (unpaired) electrons. The van der Waals surface area contributed by atoms with Crippen molar-refractivity contribution in [1.29, 1.82) is 0 Å². The van der Waals surface area contributed by atoms with Gasteiger partial charge in [0.2, 0.25) is 5.91 Å². The predicted octanol–water partition coefficient (Wildman–Crippen LogP) is 0.187. The van der Waals surface area contributed by atoms with E-state index in [2.05, 4.69) is 5.32 Å². The number of nitrogens with one attached hydrogen (secondary N) is 1. The summed E-state index contributed by atoms with van der Waals surface area (Å²) in [7, 11) is -1.63. The van der Waals surface area contributed by atoms with E-state index in [1.807, 2.05) is 6.07 Å². The molecule has 1 fully saturated rings. The standard InChI is InChI=1S/C16H16N2O6S/c1-9-14(16(21)22)18-12(20)7-13(18)25(23)15(9)17-11(19)8-24-10-5-3-2-4-6-10/h2-6,13,15H,7-8H2,1H3,(H,17,19)(H,21,22)/t13-,15?,25?/m1/s1. The Kier molecular flexibility index (Phi) is 4.58. The third-order valence-corrected chi connectivity index (χ3v) is 5.87. The van der Waals surface area contributed by atoms with Crippen LogP contribution in [-0.4, -0.2) is 49.4 Å². The van der Waals surface area contributed by atoms with E-state index in [0.717, 1.165) is 4.90 Å². The van der Waals surface area contributed by atoms with Crippen molar-refractivity contribution in [3.63, 3.8) is 0 Å². The van der Waals surface area contributed by atoms with Gasteiger partial charge in [-0.3, -0.25) is 18.7 Å². The van der Waals surface area contributed by atoms with E-state index in [0.29, 0.717) is 5.75 Å². The minimum atomic E-state index is -1.63. The van der Waals surface area contributed by atoms with Gasteiger partial charge in [-0.15, -0.1) is 0 Å². The van der Waals surface area contributed by atoms with E-state index in [1.54, 1.807) is 24.3 Å². The Morgan fingerprint density at radius 2 is 2.04 bits per heavy atom. The van der Waals surface area contributed by atoms with Gasteiger partial charge in [0.15, 0.2) is 6.61 Å². The molecule has 1 aromatic rings. The van der Waals surface area contributed by atoms with Crippen LogP contribution in [0.2, 0.25) is 0 Å². The summed E-state index contributed by atoms with van der Waals surface area (Å²) in [6, 6.07) is 8.72. The fourth-order valence-electron chi connectivity index (χ4n) is 2.78. The van der Waals surface area contributed by atoms with Crippen LogP contribution < -0.4 is 10.1 Å². The Morgan fingerprint density at radius 3 is 2.64 bits per heavy atom. The number of benzene rings is 1. The van der Waals surface area contributed by atoms with Crippen molar-refractivity contribution in [1.82, 2.24) is 10.2 Å². The van der Waals surface area contributed by atoms with Crippen molar-refractivity contribution in [2.75, 3.05) is 6.61 Å². The van der Waals surface area contributed by atoms with E-state index < -0.39 is 33.4 Å². The molecule has 2 aliphatic rings. The molecule has 1 aromatic carbocycles. The lowest BCUT2D eigenvalue weighted by molar-refractivity contribution is -0.146. The van der Waals surface area contributed by atoms with Gasteiger partial charge in [-0.1, -0.05) is 18.2 Å². The molecule has 0 aliphatic carbocycles. The molecule has 0 bridgehead atoms. The monoisotopic (exact) mass is 364 g/mol. The number of carboxylic acid groups (broad SMARTS) is 1. The third-order valence-electron chi connectivity index (χ3n) is 4.02. The highest BCUT2D eigenvalue weighted by Crippen LogP contribution is 2.36. The number of hydrogen-bond donors (Lipinski definition) is 2. The van der Waals surface area contributed by atoms with Gasteiger partial charge in [0.1, 0.15) is 22.2 Å².